The van der Waals surface area contributed by atoms with E-state index in [4.69, 9.17) is 20.8 Å². The molecule has 2 aromatic carbocycles. The highest BCUT2D eigenvalue weighted by Crippen LogP contribution is 2.25. The number of amides is 1. The lowest BCUT2D eigenvalue weighted by atomic mass is 10.2. The van der Waals surface area contributed by atoms with Crippen LogP contribution in [-0.2, 0) is 4.79 Å². The first-order chi connectivity index (χ1) is 13.5. The molecule has 0 unspecified atom stereocenters. The van der Waals surface area contributed by atoms with Crippen LogP contribution in [0.15, 0.2) is 52.9 Å². The van der Waals surface area contributed by atoms with E-state index in [1.54, 1.807) is 43.5 Å². The Morgan fingerprint density at radius 3 is 2.68 bits per heavy atom. The number of hydrogen-bond donors (Lipinski definition) is 1. The van der Waals surface area contributed by atoms with Gasteiger partial charge in [-0.25, -0.2) is 0 Å². The molecule has 3 rings (SSSR count). The minimum atomic E-state index is -0.234. The van der Waals surface area contributed by atoms with Crippen molar-refractivity contribution in [3.05, 3.63) is 59.4 Å². The fourth-order valence-corrected chi connectivity index (χ4v) is 2.76. The average molecular weight is 401 g/mol. The second-order valence-electron chi connectivity index (χ2n) is 6.32. The van der Waals surface area contributed by atoms with Gasteiger partial charge in [-0.15, -0.1) is 10.2 Å². The molecule has 3 aromatic rings. The summed E-state index contributed by atoms with van der Waals surface area (Å²) in [4.78, 5) is 14.1. The van der Waals surface area contributed by atoms with Crippen molar-refractivity contribution in [2.24, 2.45) is 0 Å². The number of hydrogen-bond acceptors (Lipinski definition) is 6. The third-order valence-electron chi connectivity index (χ3n) is 4.30. The first-order valence-corrected chi connectivity index (χ1v) is 9.07. The van der Waals surface area contributed by atoms with Crippen molar-refractivity contribution in [1.29, 1.82) is 0 Å². The molecule has 0 bridgehead atoms. The monoisotopic (exact) mass is 400 g/mol. The largest absolute Gasteiger partial charge is 0.497 e. The van der Waals surface area contributed by atoms with Gasteiger partial charge in [0.25, 0.3) is 0 Å². The lowest BCUT2D eigenvalue weighted by Gasteiger charge is -2.21. The highest BCUT2D eigenvalue weighted by molar-refractivity contribution is 6.30. The Hall–Kier alpha value is -2.90. The molecule has 1 atom stereocenters. The number of likely N-dealkylation sites (N-methyl/N-ethyl adjacent to an activating group) is 1. The van der Waals surface area contributed by atoms with Crippen LogP contribution in [0.5, 0.6) is 5.75 Å². The van der Waals surface area contributed by atoms with Gasteiger partial charge in [0.05, 0.1) is 19.7 Å². The van der Waals surface area contributed by atoms with Gasteiger partial charge < -0.3 is 14.5 Å². The molecule has 0 aliphatic carbocycles. The van der Waals surface area contributed by atoms with Crippen molar-refractivity contribution < 1.29 is 13.9 Å². The number of benzene rings is 2. The molecular formula is C20H21ClN4O3. The number of nitrogens with one attached hydrogen (secondary N) is 1. The van der Waals surface area contributed by atoms with Crippen LogP contribution in [0.4, 0.5) is 5.69 Å². The molecule has 0 aliphatic rings. The summed E-state index contributed by atoms with van der Waals surface area (Å²) >= 11 is 6.01. The molecule has 8 heteroatoms. The van der Waals surface area contributed by atoms with Crippen LogP contribution >= 0.6 is 11.6 Å². The molecule has 0 fully saturated rings. The summed E-state index contributed by atoms with van der Waals surface area (Å²) in [6.45, 7) is 2.07. The summed E-state index contributed by atoms with van der Waals surface area (Å²) in [5.74, 6) is 1.40. The van der Waals surface area contributed by atoms with Gasteiger partial charge in [-0.3, -0.25) is 9.69 Å². The Labute approximate surface area is 168 Å². The molecule has 1 N–H and O–H groups in total. The number of carbonyl (C=O) groups excluding carboxylic acids is 1. The van der Waals surface area contributed by atoms with E-state index in [2.05, 4.69) is 15.5 Å². The number of nitrogens with zero attached hydrogens (tertiary/aromatic N) is 3. The number of anilines is 1. The van der Waals surface area contributed by atoms with E-state index in [-0.39, 0.29) is 18.5 Å². The van der Waals surface area contributed by atoms with E-state index in [0.29, 0.717) is 22.5 Å². The average Bonchev–Trinajstić information content (AvgIpc) is 3.18. The minimum absolute atomic E-state index is 0.144. The maximum atomic E-state index is 12.3. The number of ether oxygens (including phenoxy) is 1. The number of carbonyl (C=O) groups is 1. The summed E-state index contributed by atoms with van der Waals surface area (Å²) < 4.78 is 10.9. The molecule has 0 aliphatic heterocycles. The van der Waals surface area contributed by atoms with Crippen LogP contribution in [0.2, 0.25) is 5.02 Å². The third-order valence-corrected chi connectivity index (χ3v) is 4.53. The van der Waals surface area contributed by atoms with Crippen LogP contribution in [0.1, 0.15) is 18.9 Å². The summed E-state index contributed by atoms with van der Waals surface area (Å²) in [6, 6.07) is 14.1. The first-order valence-electron chi connectivity index (χ1n) is 8.69. The fourth-order valence-electron chi connectivity index (χ4n) is 2.57. The quantitative estimate of drug-likeness (QED) is 0.644. The van der Waals surface area contributed by atoms with Crippen molar-refractivity contribution in [2.45, 2.75) is 13.0 Å². The Bertz CT molecular complexity index is 943. The predicted octanol–water partition coefficient (Wildman–Crippen LogP) is 4.03. The van der Waals surface area contributed by atoms with Gasteiger partial charge in [0.15, 0.2) is 0 Å². The van der Waals surface area contributed by atoms with Crippen molar-refractivity contribution >= 4 is 23.2 Å². The highest BCUT2D eigenvalue weighted by atomic mass is 35.5. The zero-order chi connectivity index (χ0) is 20.1. The van der Waals surface area contributed by atoms with Crippen molar-refractivity contribution in [3.8, 4) is 17.2 Å². The molecule has 0 radical (unpaired) electrons. The normalized spacial score (nSPS) is 12.0. The van der Waals surface area contributed by atoms with Crippen molar-refractivity contribution in [3.63, 3.8) is 0 Å². The third kappa shape index (κ3) is 4.88. The lowest BCUT2D eigenvalue weighted by Crippen LogP contribution is -2.32. The van der Waals surface area contributed by atoms with Gasteiger partial charge in [0, 0.05) is 16.3 Å². The number of rotatable bonds is 7. The van der Waals surface area contributed by atoms with Gasteiger partial charge in [0.2, 0.25) is 17.7 Å². The van der Waals surface area contributed by atoms with Gasteiger partial charge in [0.1, 0.15) is 5.75 Å². The smallest absolute Gasteiger partial charge is 0.247 e. The molecule has 0 saturated carbocycles. The van der Waals surface area contributed by atoms with E-state index < -0.39 is 0 Å². The molecule has 146 valence electrons. The molecule has 28 heavy (non-hydrogen) atoms. The number of halogens is 1. The van der Waals surface area contributed by atoms with Gasteiger partial charge >= 0.3 is 0 Å². The van der Waals surface area contributed by atoms with Gasteiger partial charge in [-0.05, 0) is 56.4 Å². The second kappa shape index (κ2) is 8.86. The number of methoxy groups -OCH3 is 1. The molecular weight excluding hydrogens is 380 g/mol. The molecule has 7 nitrogen and oxygen atoms in total. The van der Waals surface area contributed by atoms with Crippen LogP contribution in [0, 0.1) is 0 Å². The zero-order valence-electron chi connectivity index (χ0n) is 15.8. The van der Waals surface area contributed by atoms with Crippen LogP contribution in [0.25, 0.3) is 11.5 Å². The Morgan fingerprint density at radius 1 is 1.25 bits per heavy atom. The molecule has 1 aromatic heterocycles. The van der Waals surface area contributed by atoms with Crippen molar-refractivity contribution in [2.75, 3.05) is 26.0 Å². The number of aromatic nitrogens is 2. The Balaban J connectivity index is 1.60. The lowest BCUT2D eigenvalue weighted by molar-refractivity contribution is -0.117. The first kappa shape index (κ1) is 19.9. The SMILES string of the molecule is COc1ccc(NC(=O)CN(C)[C@@H](C)c2nnc(-c3cccc(Cl)c3)o2)cc1. The van der Waals surface area contributed by atoms with E-state index >= 15 is 0 Å². The molecule has 0 saturated heterocycles. The van der Waals surface area contributed by atoms with E-state index in [0.717, 1.165) is 11.3 Å². The molecule has 1 amide bonds. The Kier molecular flexibility index (Phi) is 6.28. The Morgan fingerprint density at radius 2 is 2.00 bits per heavy atom. The maximum absolute atomic E-state index is 12.3. The van der Waals surface area contributed by atoms with Crippen LogP contribution in [0.3, 0.4) is 0 Å². The highest BCUT2D eigenvalue weighted by Gasteiger charge is 2.21. The van der Waals surface area contributed by atoms with E-state index in [1.165, 1.54) is 0 Å². The maximum Gasteiger partial charge on any atom is 0.247 e. The topological polar surface area (TPSA) is 80.5 Å². The molecule has 1 heterocycles. The van der Waals surface area contributed by atoms with Crippen LogP contribution < -0.4 is 10.1 Å². The zero-order valence-corrected chi connectivity index (χ0v) is 16.6. The van der Waals surface area contributed by atoms with E-state index in [9.17, 15) is 4.79 Å². The van der Waals surface area contributed by atoms with E-state index in [1.807, 2.05) is 31.0 Å². The second-order valence-corrected chi connectivity index (χ2v) is 6.76. The fraction of sp³-hybridized carbons (Fsp3) is 0.250. The van der Waals surface area contributed by atoms with Gasteiger partial charge in [-0.2, -0.15) is 0 Å². The van der Waals surface area contributed by atoms with Gasteiger partial charge in [-0.1, -0.05) is 17.7 Å². The summed E-state index contributed by atoms with van der Waals surface area (Å²) in [5.41, 5.74) is 1.45. The standard InChI is InChI=1S/C20H21ClN4O3/c1-13(19-23-24-20(28-19)14-5-4-6-15(21)11-14)25(2)12-18(26)22-16-7-9-17(27-3)10-8-16/h4-11,13H,12H2,1-3H3,(H,22,26)/t13-/m0/s1. The minimum Gasteiger partial charge on any atom is -0.497 e. The van der Waals surface area contributed by atoms with Crippen molar-refractivity contribution in [1.82, 2.24) is 15.1 Å². The van der Waals surface area contributed by atoms with Crippen LogP contribution in [-0.4, -0.2) is 41.7 Å². The summed E-state index contributed by atoms with van der Waals surface area (Å²) in [5, 5.41) is 11.6. The predicted molar refractivity (Wildman–Crippen MR) is 107 cm³/mol. The summed E-state index contributed by atoms with van der Waals surface area (Å²) in [7, 11) is 3.42. The molecule has 0 spiro atoms. The summed E-state index contributed by atoms with van der Waals surface area (Å²) in [6.07, 6.45) is 0.